The van der Waals surface area contributed by atoms with Crippen molar-refractivity contribution in [3.05, 3.63) is 88.1 Å². The third kappa shape index (κ3) is 5.90. The number of nitrogens with zero attached hydrogens (tertiary/aromatic N) is 3. The van der Waals surface area contributed by atoms with Gasteiger partial charge in [0.05, 0.1) is 18.7 Å². The van der Waals surface area contributed by atoms with Crippen LogP contribution in [0.15, 0.2) is 65.8 Å². The summed E-state index contributed by atoms with van der Waals surface area (Å²) in [7, 11) is 3.65. The summed E-state index contributed by atoms with van der Waals surface area (Å²) in [6.45, 7) is 1.81. The number of aromatic nitrogens is 1. The van der Waals surface area contributed by atoms with Gasteiger partial charge in [0.25, 0.3) is 5.91 Å². The number of nitrogens with one attached hydrogen (secondary N) is 1. The van der Waals surface area contributed by atoms with E-state index in [9.17, 15) is 4.79 Å². The molecule has 2 aromatic carbocycles. The number of rotatable bonds is 7. The maximum Gasteiger partial charge on any atom is 0.257 e. The molecule has 0 radical (unpaired) electrons. The monoisotopic (exact) mass is 464 g/mol. The highest BCUT2D eigenvalue weighted by Crippen LogP contribution is 2.22. The minimum absolute atomic E-state index is 0. The predicted octanol–water partition coefficient (Wildman–Crippen LogP) is 5.11. The van der Waals surface area contributed by atoms with Crippen molar-refractivity contribution in [2.24, 2.45) is 4.99 Å². The maximum atomic E-state index is 13.0. The Bertz CT molecular complexity index is 1130. The third-order valence-electron chi connectivity index (χ3n) is 5.48. The Balaban J connectivity index is 0.00000306. The zero-order valence-corrected chi connectivity index (χ0v) is 18.9. The fraction of sp³-hybridized carbons (Fsp3) is 0.269. The molecule has 33 heavy (non-hydrogen) atoms. The molecule has 7 heteroatoms. The van der Waals surface area contributed by atoms with E-state index >= 15 is 0 Å². The Hall–Kier alpha value is -3.38. The van der Waals surface area contributed by atoms with Crippen molar-refractivity contribution in [1.82, 2.24) is 9.88 Å². The normalized spacial score (nSPS) is 12.7. The van der Waals surface area contributed by atoms with E-state index in [1.54, 1.807) is 25.3 Å². The summed E-state index contributed by atoms with van der Waals surface area (Å²) in [6, 6.07) is 17.4. The van der Waals surface area contributed by atoms with Crippen LogP contribution in [0.4, 0.5) is 5.82 Å². The van der Waals surface area contributed by atoms with Gasteiger partial charge in [-0.3, -0.25) is 9.79 Å². The Kier molecular flexibility index (Phi) is 8.06. The zero-order chi connectivity index (χ0) is 22.5. The third-order valence-corrected chi connectivity index (χ3v) is 5.71. The van der Waals surface area contributed by atoms with Crippen LogP contribution in [0.3, 0.4) is 0 Å². The van der Waals surface area contributed by atoms with E-state index in [2.05, 4.69) is 51.5 Å². The van der Waals surface area contributed by atoms with Gasteiger partial charge < -0.3 is 15.0 Å². The van der Waals surface area contributed by atoms with Crippen molar-refractivity contribution in [3.8, 4) is 5.75 Å². The molecule has 2 heterocycles. The van der Waals surface area contributed by atoms with Gasteiger partial charge in [-0.2, -0.15) is 0 Å². The molecule has 4 rings (SSSR count). The van der Waals surface area contributed by atoms with Crippen LogP contribution in [0.1, 0.15) is 34.5 Å². The molecular weight excluding hydrogens is 436 g/mol. The first kappa shape index (κ1) is 24.3. The molecule has 0 unspecified atom stereocenters. The highest BCUT2D eigenvalue weighted by atomic mass is 35.5. The number of hydrogen-bond donors (Lipinski definition) is 1. The molecule has 6 nitrogen and oxygen atoms in total. The quantitative estimate of drug-likeness (QED) is 0.527. The number of methoxy groups -OCH3 is 1. The predicted molar refractivity (Wildman–Crippen MR) is 135 cm³/mol. The fourth-order valence-corrected chi connectivity index (χ4v) is 3.80. The van der Waals surface area contributed by atoms with Crippen molar-refractivity contribution in [2.75, 3.05) is 32.6 Å². The van der Waals surface area contributed by atoms with Crippen LogP contribution in [0.25, 0.3) is 0 Å². The molecule has 0 fully saturated rings. The fourth-order valence-electron chi connectivity index (χ4n) is 3.69. The van der Waals surface area contributed by atoms with Gasteiger partial charge in [0.2, 0.25) is 0 Å². The number of halogens is 1. The van der Waals surface area contributed by atoms with Crippen molar-refractivity contribution < 1.29 is 9.53 Å². The Morgan fingerprint density at radius 3 is 2.55 bits per heavy atom. The first-order valence-corrected chi connectivity index (χ1v) is 10.9. The van der Waals surface area contributed by atoms with E-state index in [-0.39, 0.29) is 13.3 Å². The molecule has 1 aliphatic heterocycles. The molecule has 3 aromatic rings. The van der Waals surface area contributed by atoms with Gasteiger partial charge in [-0.05, 0) is 48.2 Å². The Morgan fingerprint density at radius 2 is 1.91 bits per heavy atom. The van der Waals surface area contributed by atoms with Crippen molar-refractivity contribution in [3.63, 3.8) is 0 Å². The largest absolute Gasteiger partial charge is 0.497 e. The maximum absolute atomic E-state index is 13.0. The second-order valence-electron chi connectivity index (χ2n) is 7.66. The number of likely N-dealkylation sites (N-methyl/N-ethyl adjacent to an activating group) is 1. The summed E-state index contributed by atoms with van der Waals surface area (Å²) < 4.78 is 5.33. The average molecular weight is 465 g/mol. The lowest BCUT2D eigenvalue weighted by molar-refractivity contribution is 0.102. The Morgan fingerprint density at radius 1 is 1.12 bits per heavy atom. The average Bonchev–Trinajstić information content (AvgIpc) is 3.25. The van der Waals surface area contributed by atoms with Crippen LogP contribution in [-0.4, -0.2) is 48.9 Å². The summed E-state index contributed by atoms with van der Waals surface area (Å²) >= 11 is 5.88. The summed E-state index contributed by atoms with van der Waals surface area (Å²) in [5.41, 5.74) is 3.85. The summed E-state index contributed by atoms with van der Waals surface area (Å²) in [5, 5.41) is 3.35. The molecule has 0 bridgehead atoms. The van der Waals surface area contributed by atoms with Crippen LogP contribution in [0.2, 0.25) is 5.02 Å². The first-order valence-electron chi connectivity index (χ1n) is 10.5. The lowest BCUT2D eigenvalue weighted by Gasteiger charge is -2.14. The number of ether oxygens (including phenoxy) is 1. The highest BCUT2D eigenvalue weighted by Gasteiger charge is 2.16. The second kappa shape index (κ2) is 11.0. The number of pyridine rings is 1. The van der Waals surface area contributed by atoms with Crippen LogP contribution >= 0.6 is 11.6 Å². The molecule has 1 aromatic heterocycles. The van der Waals surface area contributed by atoms with Crippen LogP contribution in [0.5, 0.6) is 5.75 Å². The van der Waals surface area contributed by atoms with E-state index in [0.717, 1.165) is 42.9 Å². The molecule has 172 valence electrons. The number of aryl methyl sites for hydroxylation is 2. The summed E-state index contributed by atoms with van der Waals surface area (Å²) in [4.78, 5) is 23.9. The number of benzene rings is 2. The number of hydrogen-bond acceptors (Lipinski definition) is 5. The minimum atomic E-state index is -0.230. The van der Waals surface area contributed by atoms with Crippen molar-refractivity contribution in [2.45, 2.75) is 20.3 Å². The number of anilines is 1. The lowest BCUT2D eigenvalue weighted by atomic mass is 9.98. The highest BCUT2D eigenvalue weighted by molar-refractivity contribution is 6.30. The van der Waals surface area contributed by atoms with Crippen LogP contribution in [-0.2, 0) is 12.8 Å². The smallest absolute Gasteiger partial charge is 0.257 e. The summed E-state index contributed by atoms with van der Waals surface area (Å²) in [5.74, 6) is 1.89. The first-order chi connectivity index (χ1) is 15.5. The molecular formula is C26H29ClN4O2. The van der Waals surface area contributed by atoms with Crippen molar-refractivity contribution in [1.29, 1.82) is 0 Å². The number of aliphatic imine (C=N–C) groups is 1. The van der Waals surface area contributed by atoms with Gasteiger partial charge in [0, 0.05) is 30.9 Å². The standard InChI is InChI=1S/C25H25ClN4O2.CH4/c1-30-14-13-27-24(30)19-7-4-17(5-8-19)3-6-18-9-11-21(32-2)15-22(18)25(31)29-23-12-10-20(26)16-28-23;/h4-5,7-12,15-16H,3,6,13-14H2,1-2H3,(H,28,29,31);1H4. The van der Waals surface area contributed by atoms with E-state index in [1.807, 2.05) is 12.1 Å². The summed E-state index contributed by atoms with van der Waals surface area (Å²) in [6.07, 6.45) is 3.04. The molecule has 0 spiro atoms. The SMILES string of the molecule is C.COc1ccc(CCc2ccc(C3=NCCN3C)cc2)c(C(=O)Nc2ccc(Cl)cn2)c1. The van der Waals surface area contributed by atoms with Gasteiger partial charge in [-0.1, -0.05) is 49.4 Å². The van der Waals surface area contributed by atoms with E-state index < -0.39 is 0 Å². The van der Waals surface area contributed by atoms with Gasteiger partial charge >= 0.3 is 0 Å². The number of carbonyl (C=O) groups excluding carboxylic acids is 1. The van der Waals surface area contributed by atoms with Gasteiger partial charge in [0.15, 0.2) is 0 Å². The molecule has 1 N–H and O–H groups in total. The molecule has 1 amide bonds. The molecule has 0 atom stereocenters. The molecule has 0 saturated carbocycles. The molecule has 1 aliphatic rings. The topological polar surface area (TPSA) is 66.8 Å². The van der Waals surface area contributed by atoms with E-state index in [1.165, 1.54) is 11.8 Å². The second-order valence-corrected chi connectivity index (χ2v) is 8.10. The van der Waals surface area contributed by atoms with Gasteiger partial charge in [-0.25, -0.2) is 4.98 Å². The minimum Gasteiger partial charge on any atom is -0.497 e. The number of amidine groups is 1. The van der Waals surface area contributed by atoms with Crippen LogP contribution < -0.4 is 10.1 Å². The lowest BCUT2D eigenvalue weighted by Crippen LogP contribution is -2.23. The van der Waals surface area contributed by atoms with E-state index in [0.29, 0.717) is 22.2 Å². The zero-order valence-electron chi connectivity index (χ0n) is 18.1. The van der Waals surface area contributed by atoms with Crippen molar-refractivity contribution >= 4 is 29.2 Å². The number of carbonyl (C=O) groups is 1. The number of amides is 1. The van der Waals surface area contributed by atoms with E-state index in [4.69, 9.17) is 16.3 Å². The van der Waals surface area contributed by atoms with Gasteiger partial charge in [-0.15, -0.1) is 0 Å². The molecule has 0 saturated heterocycles. The Labute approximate surface area is 200 Å². The van der Waals surface area contributed by atoms with Crippen LogP contribution in [0, 0.1) is 0 Å². The molecule has 0 aliphatic carbocycles. The van der Waals surface area contributed by atoms with Gasteiger partial charge in [0.1, 0.15) is 17.4 Å².